The van der Waals surface area contributed by atoms with Crippen LogP contribution in [0.5, 0.6) is 5.75 Å². The summed E-state index contributed by atoms with van der Waals surface area (Å²) in [6, 6.07) is 7.08. The summed E-state index contributed by atoms with van der Waals surface area (Å²) in [5.41, 5.74) is 11.1. The van der Waals surface area contributed by atoms with Crippen molar-refractivity contribution in [1.29, 1.82) is 0 Å². The SMILES string of the molecule is NC(=O)COCCNC(=O)CCOc1ccccc1N. The lowest BCUT2D eigenvalue weighted by Crippen LogP contribution is -2.29. The van der Waals surface area contributed by atoms with Gasteiger partial charge in [-0.25, -0.2) is 0 Å². The molecular weight excluding hydrogens is 262 g/mol. The highest BCUT2D eigenvalue weighted by Crippen LogP contribution is 2.19. The normalized spacial score (nSPS) is 10.0. The molecule has 7 heteroatoms. The molecule has 1 aromatic carbocycles. The smallest absolute Gasteiger partial charge is 0.243 e. The first-order valence-corrected chi connectivity index (χ1v) is 6.19. The number of hydrogen-bond donors (Lipinski definition) is 3. The molecule has 20 heavy (non-hydrogen) atoms. The Morgan fingerprint density at radius 2 is 1.95 bits per heavy atom. The van der Waals surface area contributed by atoms with E-state index in [2.05, 4.69) is 5.32 Å². The number of nitrogen functional groups attached to an aromatic ring is 1. The molecule has 0 saturated carbocycles. The van der Waals surface area contributed by atoms with Gasteiger partial charge < -0.3 is 26.3 Å². The van der Waals surface area contributed by atoms with Crippen molar-refractivity contribution in [2.24, 2.45) is 5.73 Å². The molecule has 0 bridgehead atoms. The van der Waals surface area contributed by atoms with E-state index in [-0.39, 0.29) is 32.1 Å². The average Bonchev–Trinajstić information content (AvgIpc) is 2.40. The van der Waals surface area contributed by atoms with Gasteiger partial charge in [0.2, 0.25) is 11.8 Å². The van der Waals surface area contributed by atoms with Crippen LogP contribution in [-0.4, -0.2) is 38.2 Å². The highest BCUT2D eigenvalue weighted by molar-refractivity contribution is 5.76. The second-order valence-corrected chi connectivity index (χ2v) is 4.01. The van der Waals surface area contributed by atoms with Crippen molar-refractivity contribution < 1.29 is 19.1 Å². The second-order valence-electron chi connectivity index (χ2n) is 4.01. The Hall–Kier alpha value is -2.28. The molecule has 0 saturated heterocycles. The van der Waals surface area contributed by atoms with Crippen molar-refractivity contribution in [2.75, 3.05) is 32.1 Å². The van der Waals surface area contributed by atoms with Crippen molar-refractivity contribution in [2.45, 2.75) is 6.42 Å². The van der Waals surface area contributed by atoms with Gasteiger partial charge in [0.1, 0.15) is 12.4 Å². The van der Waals surface area contributed by atoms with Gasteiger partial charge in [0, 0.05) is 6.54 Å². The number of amides is 2. The molecule has 0 aliphatic rings. The fourth-order valence-corrected chi connectivity index (χ4v) is 1.39. The van der Waals surface area contributed by atoms with Gasteiger partial charge in [0.15, 0.2) is 0 Å². The molecule has 0 atom stereocenters. The molecule has 2 amide bonds. The minimum Gasteiger partial charge on any atom is -0.491 e. The molecule has 0 spiro atoms. The van der Waals surface area contributed by atoms with E-state index in [4.69, 9.17) is 20.9 Å². The topological polar surface area (TPSA) is 117 Å². The Balaban J connectivity index is 2.09. The van der Waals surface area contributed by atoms with E-state index >= 15 is 0 Å². The molecule has 0 aliphatic heterocycles. The van der Waals surface area contributed by atoms with Gasteiger partial charge >= 0.3 is 0 Å². The highest BCUT2D eigenvalue weighted by atomic mass is 16.5. The van der Waals surface area contributed by atoms with Crippen LogP contribution < -0.4 is 21.5 Å². The van der Waals surface area contributed by atoms with E-state index in [0.717, 1.165) is 0 Å². The zero-order chi connectivity index (χ0) is 14.8. The Labute approximate surface area is 117 Å². The monoisotopic (exact) mass is 281 g/mol. The minimum atomic E-state index is -0.537. The van der Waals surface area contributed by atoms with Crippen LogP contribution in [0.25, 0.3) is 0 Å². The van der Waals surface area contributed by atoms with Crippen molar-refractivity contribution in [3.05, 3.63) is 24.3 Å². The molecule has 0 heterocycles. The number of rotatable bonds is 9. The van der Waals surface area contributed by atoms with Crippen LogP contribution in [-0.2, 0) is 14.3 Å². The molecule has 0 aromatic heterocycles. The van der Waals surface area contributed by atoms with E-state index in [1.165, 1.54) is 0 Å². The molecule has 7 nitrogen and oxygen atoms in total. The summed E-state index contributed by atoms with van der Waals surface area (Å²) in [5.74, 6) is -0.141. The summed E-state index contributed by atoms with van der Waals surface area (Å²) in [6.45, 7) is 0.648. The van der Waals surface area contributed by atoms with Crippen LogP contribution in [0.2, 0.25) is 0 Å². The van der Waals surface area contributed by atoms with Crippen molar-refractivity contribution in [3.63, 3.8) is 0 Å². The van der Waals surface area contributed by atoms with E-state index in [1.54, 1.807) is 18.2 Å². The highest BCUT2D eigenvalue weighted by Gasteiger charge is 2.03. The first-order chi connectivity index (χ1) is 9.59. The van der Waals surface area contributed by atoms with Crippen LogP contribution in [0.4, 0.5) is 5.69 Å². The summed E-state index contributed by atoms with van der Waals surface area (Å²) in [4.78, 5) is 21.8. The number of nitrogens with two attached hydrogens (primary N) is 2. The summed E-state index contributed by atoms with van der Waals surface area (Å²) in [6.07, 6.45) is 0.212. The van der Waals surface area contributed by atoms with E-state index < -0.39 is 5.91 Å². The maximum Gasteiger partial charge on any atom is 0.243 e. The Morgan fingerprint density at radius 1 is 1.20 bits per heavy atom. The minimum absolute atomic E-state index is 0.147. The van der Waals surface area contributed by atoms with E-state index in [1.807, 2.05) is 6.07 Å². The molecule has 0 unspecified atom stereocenters. The van der Waals surface area contributed by atoms with Gasteiger partial charge in [-0.1, -0.05) is 12.1 Å². The van der Waals surface area contributed by atoms with Gasteiger partial charge in [-0.2, -0.15) is 0 Å². The predicted octanol–water partition coefficient (Wildman–Crippen LogP) is -0.344. The molecule has 0 radical (unpaired) electrons. The van der Waals surface area contributed by atoms with Gasteiger partial charge in [0.25, 0.3) is 0 Å². The number of nitrogens with one attached hydrogen (secondary N) is 1. The molecular formula is C13H19N3O4. The number of carbonyl (C=O) groups is 2. The maximum atomic E-state index is 11.4. The Kier molecular flexibility index (Phi) is 6.91. The van der Waals surface area contributed by atoms with Crippen molar-refractivity contribution >= 4 is 17.5 Å². The molecule has 1 rings (SSSR count). The Morgan fingerprint density at radius 3 is 2.65 bits per heavy atom. The van der Waals surface area contributed by atoms with Crippen LogP contribution in [0.1, 0.15) is 6.42 Å². The predicted molar refractivity (Wildman–Crippen MR) is 74.0 cm³/mol. The number of carbonyl (C=O) groups excluding carboxylic acids is 2. The van der Waals surface area contributed by atoms with Gasteiger partial charge in [0.05, 0.1) is 25.3 Å². The lowest BCUT2D eigenvalue weighted by atomic mass is 10.3. The van der Waals surface area contributed by atoms with Crippen LogP contribution >= 0.6 is 0 Å². The van der Waals surface area contributed by atoms with Crippen molar-refractivity contribution in [1.82, 2.24) is 5.32 Å². The number of primary amides is 1. The molecule has 110 valence electrons. The maximum absolute atomic E-state index is 11.4. The van der Waals surface area contributed by atoms with E-state index in [9.17, 15) is 9.59 Å². The largest absolute Gasteiger partial charge is 0.491 e. The second kappa shape index (κ2) is 8.76. The molecule has 0 aliphatic carbocycles. The van der Waals surface area contributed by atoms with E-state index in [0.29, 0.717) is 18.0 Å². The number of hydrogen-bond acceptors (Lipinski definition) is 5. The molecule has 0 fully saturated rings. The Bertz CT molecular complexity index is 451. The average molecular weight is 281 g/mol. The summed E-state index contributed by atoms with van der Waals surface area (Å²) in [7, 11) is 0. The lowest BCUT2D eigenvalue weighted by molar-refractivity contribution is -0.122. The van der Waals surface area contributed by atoms with Crippen molar-refractivity contribution in [3.8, 4) is 5.75 Å². The number of benzene rings is 1. The molecule has 1 aromatic rings. The van der Waals surface area contributed by atoms with Gasteiger partial charge in [-0.15, -0.1) is 0 Å². The fourth-order valence-electron chi connectivity index (χ4n) is 1.39. The first kappa shape index (κ1) is 15.8. The third-order valence-electron chi connectivity index (χ3n) is 2.32. The third kappa shape index (κ3) is 6.60. The number of para-hydroxylation sites is 2. The van der Waals surface area contributed by atoms with Gasteiger partial charge in [-0.3, -0.25) is 9.59 Å². The zero-order valence-electron chi connectivity index (χ0n) is 11.1. The number of anilines is 1. The summed E-state index contributed by atoms with van der Waals surface area (Å²) < 4.78 is 10.3. The molecule has 5 N–H and O–H groups in total. The summed E-state index contributed by atoms with van der Waals surface area (Å²) in [5, 5.41) is 2.63. The fraction of sp³-hybridized carbons (Fsp3) is 0.385. The third-order valence-corrected chi connectivity index (χ3v) is 2.32. The quantitative estimate of drug-likeness (QED) is 0.423. The van der Waals surface area contributed by atoms with Crippen LogP contribution in [0, 0.1) is 0 Å². The zero-order valence-corrected chi connectivity index (χ0v) is 11.1. The number of ether oxygens (including phenoxy) is 2. The standard InChI is InChI=1S/C13H19N3O4/c14-10-3-1-2-4-11(10)20-7-5-13(18)16-6-8-19-9-12(15)17/h1-4H,5-9,14H2,(H2,15,17)(H,16,18). The lowest BCUT2D eigenvalue weighted by Gasteiger charge is -2.09. The van der Waals surface area contributed by atoms with Gasteiger partial charge in [-0.05, 0) is 12.1 Å². The van der Waals surface area contributed by atoms with Crippen LogP contribution in [0.15, 0.2) is 24.3 Å². The summed E-state index contributed by atoms with van der Waals surface area (Å²) >= 11 is 0. The first-order valence-electron chi connectivity index (χ1n) is 6.19. The van der Waals surface area contributed by atoms with Crippen LogP contribution in [0.3, 0.4) is 0 Å².